The average molecular weight is 417 g/mol. The topological polar surface area (TPSA) is 59.1 Å². The zero-order valence-corrected chi connectivity index (χ0v) is 18.7. The third-order valence-electron chi connectivity index (χ3n) is 6.75. The second-order valence-electron chi connectivity index (χ2n) is 8.70. The molecule has 0 aliphatic carbocycles. The number of likely N-dealkylation sites (tertiary alicyclic amines) is 2. The molecule has 6 nitrogen and oxygen atoms in total. The molecule has 0 radical (unpaired) electrons. The molecule has 1 aromatic rings. The van der Waals surface area contributed by atoms with Crippen molar-refractivity contribution >= 4 is 11.9 Å². The summed E-state index contributed by atoms with van der Waals surface area (Å²) in [6, 6.07) is 7.85. The standard InChI is InChI=1S/C24H36N2O4/c1-4-30-23(28)24(18-19-9-11-20(29-3)12-10-19)13-16-26(17-14-24)22(27)21-8-6-5-7-15-25(21)2/h9-12,21H,4-8,13-18H2,1-3H3/t21-/m1/s1. The maximum absolute atomic E-state index is 13.2. The van der Waals surface area contributed by atoms with E-state index in [1.807, 2.05) is 36.1 Å². The van der Waals surface area contributed by atoms with Crippen LogP contribution in [-0.4, -0.2) is 68.1 Å². The van der Waals surface area contributed by atoms with E-state index in [4.69, 9.17) is 9.47 Å². The van der Waals surface area contributed by atoms with Crippen molar-refractivity contribution in [1.82, 2.24) is 9.80 Å². The van der Waals surface area contributed by atoms with E-state index < -0.39 is 5.41 Å². The van der Waals surface area contributed by atoms with Crippen LogP contribution in [0.25, 0.3) is 0 Å². The molecule has 2 aliphatic heterocycles. The lowest BCUT2D eigenvalue weighted by Gasteiger charge is -2.41. The molecule has 30 heavy (non-hydrogen) atoms. The predicted molar refractivity (Wildman–Crippen MR) is 116 cm³/mol. The fourth-order valence-electron chi connectivity index (χ4n) is 4.80. The minimum atomic E-state index is -0.573. The monoisotopic (exact) mass is 416 g/mol. The first kappa shape index (κ1) is 22.6. The Morgan fingerprint density at radius 2 is 1.77 bits per heavy atom. The van der Waals surface area contributed by atoms with Crippen LogP contribution in [0.2, 0.25) is 0 Å². The summed E-state index contributed by atoms with van der Waals surface area (Å²) in [6.45, 7) is 4.42. The van der Waals surface area contributed by atoms with Gasteiger partial charge < -0.3 is 14.4 Å². The van der Waals surface area contributed by atoms with Gasteiger partial charge in [0.1, 0.15) is 5.75 Å². The van der Waals surface area contributed by atoms with Gasteiger partial charge in [-0.3, -0.25) is 14.5 Å². The number of rotatable bonds is 6. The number of ether oxygens (including phenoxy) is 2. The number of hydrogen-bond acceptors (Lipinski definition) is 5. The largest absolute Gasteiger partial charge is 0.497 e. The van der Waals surface area contributed by atoms with Gasteiger partial charge in [0, 0.05) is 13.1 Å². The van der Waals surface area contributed by atoms with Gasteiger partial charge in [-0.1, -0.05) is 25.0 Å². The number of likely N-dealkylation sites (N-methyl/N-ethyl adjacent to an activating group) is 1. The van der Waals surface area contributed by atoms with Gasteiger partial charge in [-0.2, -0.15) is 0 Å². The third kappa shape index (κ3) is 5.15. The molecule has 2 saturated heterocycles. The average Bonchev–Trinajstić information content (AvgIpc) is 2.98. The predicted octanol–water partition coefficient (Wildman–Crippen LogP) is 3.28. The molecule has 0 bridgehead atoms. The highest BCUT2D eigenvalue weighted by Crippen LogP contribution is 2.37. The Morgan fingerprint density at radius 3 is 2.40 bits per heavy atom. The number of nitrogens with zero attached hydrogens (tertiary/aromatic N) is 2. The highest BCUT2D eigenvalue weighted by atomic mass is 16.5. The molecule has 3 rings (SSSR count). The maximum atomic E-state index is 13.2. The Hall–Kier alpha value is -2.08. The fraction of sp³-hybridized carbons (Fsp3) is 0.667. The first-order chi connectivity index (χ1) is 14.5. The van der Waals surface area contributed by atoms with E-state index in [-0.39, 0.29) is 17.9 Å². The molecule has 0 saturated carbocycles. The van der Waals surface area contributed by atoms with Crippen LogP contribution in [0, 0.1) is 5.41 Å². The number of piperidine rings is 1. The van der Waals surface area contributed by atoms with E-state index in [1.54, 1.807) is 7.11 Å². The van der Waals surface area contributed by atoms with Gasteiger partial charge in [0.25, 0.3) is 0 Å². The molecule has 1 aromatic carbocycles. The van der Waals surface area contributed by atoms with Crippen molar-refractivity contribution in [2.75, 3.05) is 40.4 Å². The molecule has 2 fully saturated rings. The minimum Gasteiger partial charge on any atom is -0.497 e. The summed E-state index contributed by atoms with van der Waals surface area (Å²) >= 11 is 0. The normalized spacial score (nSPS) is 22.2. The Bertz CT molecular complexity index is 710. The van der Waals surface area contributed by atoms with Gasteiger partial charge in [0.2, 0.25) is 5.91 Å². The molecule has 0 unspecified atom stereocenters. The van der Waals surface area contributed by atoms with E-state index in [0.717, 1.165) is 37.1 Å². The van der Waals surface area contributed by atoms with Gasteiger partial charge in [-0.15, -0.1) is 0 Å². The maximum Gasteiger partial charge on any atom is 0.312 e. The summed E-state index contributed by atoms with van der Waals surface area (Å²) in [5, 5.41) is 0. The van der Waals surface area contributed by atoms with Crippen molar-refractivity contribution in [3.05, 3.63) is 29.8 Å². The van der Waals surface area contributed by atoms with Gasteiger partial charge in [-0.05, 0) is 70.3 Å². The van der Waals surface area contributed by atoms with Crippen molar-refractivity contribution in [3.63, 3.8) is 0 Å². The quantitative estimate of drug-likeness (QED) is 0.666. The highest BCUT2D eigenvalue weighted by Gasteiger charge is 2.44. The van der Waals surface area contributed by atoms with Crippen molar-refractivity contribution in [3.8, 4) is 5.75 Å². The van der Waals surface area contributed by atoms with Gasteiger partial charge in [-0.25, -0.2) is 0 Å². The molecule has 1 atom stereocenters. The van der Waals surface area contributed by atoms with Crippen LogP contribution in [0.4, 0.5) is 0 Å². The molecular formula is C24H36N2O4. The number of methoxy groups -OCH3 is 1. The number of amides is 1. The van der Waals surface area contributed by atoms with Crippen molar-refractivity contribution < 1.29 is 19.1 Å². The van der Waals surface area contributed by atoms with Crippen LogP contribution in [0.15, 0.2) is 24.3 Å². The Morgan fingerprint density at radius 1 is 1.07 bits per heavy atom. The first-order valence-electron chi connectivity index (χ1n) is 11.3. The summed E-state index contributed by atoms with van der Waals surface area (Å²) in [4.78, 5) is 30.3. The summed E-state index contributed by atoms with van der Waals surface area (Å²) in [5.74, 6) is 0.887. The highest BCUT2D eigenvalue weighted by molar-refractivity contribution is 5.83. The fourth-order valence-corrected chi connectivity index (χ4v) is 4.80. The lowest BCUT2D eigenvalue weighted by molar-refractivity contribution is -0.161. The molecule has 0 spiro atoms. The molecule has 1 amide bonds. The number of benzene rings is 1. The Labute approximate surface area is 180 Å². The van der Waals surface area contributed by atoms with E-state index in [1.165, 1.54) is 6.42 Å². The van der Waals surface area contributed by atoms with E-state index >= 15 is 0 Å². The Balaban J connectivity index is 1.70. The summed E-state index contributed by atoms with van der Waals surface area (Å²) in [7, 11) is 3.71. The molecule has 166 valence electrons. The molecule has 6 heteroatoms. The van der Waals surface area contributed by atoms with Crippen LogP contribution in [0.1, 0.15) is 51.0 Å². The van der Waals surface area contributed by atoms with Crippen LogP contribution >= 0.6 is 0 Å². The lowest BCUT2D eigenvalue weighted by Crippen LogP contribution is -2.53. The zero-order chi connectivity index (χ0) is 21.6. The molecule has 2 aliphatic rings. The molecular weight excluding hydrogens is 380 g/mol. The van der Waals surface area contributed by atoms with E-state index in [0.29, 0.717) is 39.0 Å². The van der Waals surface area contributed by atoms with Gasteiger partial charge >= 0.3 is 5.97 Å². The number of hydrogen-bond donors (Lipinski definition) is 0. The lowest BCUT2D eigenvalue weighted by atomic mass is 9.73. The van der Waals surface area contributed by atoms with Crippen molar-refractivity contribution in [1.29, 1.82) is 0 Å². The van der Waals surface area contributed by atoms with Gasteiger partial charge in [0.05, 0.1) is 25.2 Å². The van der Waals surface area contributed by atoms with Crippen LogP contribution in [0.3, 0.4) is 0 Å². The second kappa shape index (κ2) is 10.3. The Kier molecular flexibility index (Phi) is 7.75. The summed E-state index contributed by atoms with van der Waals surface area (Å²) in [5.41, 5.74) is 0.517. The minimum absolute atomic E-state index is 0.0239. The van der Waals surface area contributed by atoms with Gasteiger partial charge in [0.15, 0.2) is 0 Å². The van der Waals surface area contributed by atoms with Crippen molar-refractivity contribution in [2.24, 2.45) is 5.41 Å². The summed E-state index contributed by atoms with van der Waals surface area (Å²) in [6.07, 6.45) is 6.30. The second-order valence-corrected chi connectivity index (χ2v) is 8.70. The van der Waals surface area contributed by atoms with Crippen LogP contribution in [-0.2, 0) is 20.7 Å². The number of esters is 1. The zero-order valence-electron chi connectivity index (χ0n) is 18.7. The number of carbonyl (C=O) groups is 2. The SMILES string of the molecule is CCOC(=O)C1(Cc2ccc(OC)cc2)CCN(C(=O)[C@H]2CCCCCN2C)CC1. The van der Waals surface area contributed by atoms with Crippen LogP contribution < -0.4 is 4.74 Å². The van der Waals surface area contributed by atoms with E-state index in [9.17, 15) is 9.59 Å². The first-order valence-corrected chi connectivity index (χ1v) is 11.3. The molecule has 0 N–H and O–H groups in total. The van der Waals surface area contributed by atoms with E-state index in [2.05, 4.69) is 11.9 Å². The molecule has 2 heterocycles. The third-order valence-corrected chi connectivity index (χ3v) is 6.75. The van der Waals surface area contributed by atoms with Crippen LogP contribution in [0.5, 0.6) is 5.75 Å². The van der Waals surface area contributed by atoms with Crippen molar-refractivity contribution in [2.45, 2.75) is 57.9 Å². The molecule has 0 aromatic heterocycles. The summed E-state index contributed by atoms with van der Waals surface area (Å²) < 4.78 is 10.7. The number of carbonyl (C=O) groups excluding carboxylic acids is 2. The smallest absolute Gasteiger partial charge is 0.312 e.